The molecule has 0 radical (unpaired) electrons. The van der Waals surface area contributed by atoms with Crippen LogP contribution in [-0.4, -0.2) is 4.98 Å². The third-order valence-electron chi connectivity index (χ3n) is 3.05. The molecule has 1 heterocycles. The normalized spacial score (nSPS) is 10.9. The van der Waals surface area contributed by atoms with Crippen LogP contribution in [0.1, 0.15) is 5.56 Å². The molecule has 3 rings (SSSR count). The van der Waals surface area contributed by atoms with Crippen molar-refractivity contribution in [3.05, 3.63) is 65.7 Å². The van der Waals surface area contributed by atoms with E-state index in [2.05, 4.69) is 4.98 Å². The van der Waals surface area contributed by atoms with Crippen molar-refractivity contribution < 1.29 is 8.78 Å². The van der Waals surface area contributed by atoms with Crippen LogP contribution in [0.3, 0.4) is 0 Å². The van der Waals surface area contributed by atoms with Gasteiger partial charge in [-0.1, -0.05) is 29.8 Å². The number of nitrogens with zero attached hydrogens (tertiary/aromatic N) is 1. The Kier molecular flexibility index (Phi) is 2.75. The van der Waals surface area contributed by atoms with E-state index in [0.29, 0.717) is 10.9 Å². The van der Waals surface area contributed by atoms with Crippen LogP contribution in [0, 0.1) is 18.6 Å². The first-order chi connectivity index (χ1) is 9.13. The zero-order valence-corrected chi connectivity index (χ0v) is 10.3. The molecule has 2 aromatic carbocycles. The van der Waals surface area contributed by atoms with Crippen molar-refractivity contribution in [2.45, 2.75) is 6.92 Å². The maximum Gasteiger partial charge on any atom is 0.161 e. The minimum absolute atomic E-state index is 0.456. The molecule has 3 heteroatoms. The highest BCUT2D eigenvalue weighted by molar-refractivity contribution is 5.81. The van der Waals surface area contributed by atoms with Crippen LogP contribution in [0.15, 0.2) is 48.5 Å². The first-order valence-electron chi connectivity index (χ1n) is 5.96. The number of aryl methyl sites for hydroxylation is 1. The first kappa shape index (κ1) is 11.8. The Bertz CT molecular complexity index is 766. The molecule has 0 fully saturated rings. The van der Waals surface area contributed by atoms with Gasteiger partial charge in [-0.2, -0.15) is 0 Å². The zero-order valence-electron chi connectivity index (χ0n) is 10.3. The van der Waals surface area contributed by atoms with Crippen LogP contribution in [0.25, 0.3) is 22.2 Å². The quantitative estimate of drug-likeness (QED) is 0.624. The van der Waals surface area contributed by atoms with Gasteiger partial charge in [0.2, 0.25) is 0 Å². The van der Waals surface area contributed by atoms with Gasteiger partial charge in [0.1, 0.15) is 0 Å². The molecule has 0 aliphatic heterocycles. The fourth-order valence-corrected chi connectivity index (χ4v) is 2.08. The van der Waals surface area contributed by atoms with Crippen molar-refractivity contribution in [1.29, 1.82) is 0 Å². The van der Waals surface area contributed by atoms with Gasteiger partial charge < -0.3 is 0 Å². The second-order valence-corrected chi connectivity index (χ2v) is 4.52. The van der Waals surface area contributed by atoms with Crippen molar-refractivity contribution >= 4 is 10.9 Å². The molecular formula is C16H11F2N. The summed E-state index contributed by atoms with van der Waals surface area (Å²) < 4.78 is 26.4. The summed E-state index contributed by atoms with van der Waals surface area (Å²) in [5.41, 5.74) is 3.30. The van der Waals surface area contributed by atoms with Crippen LogP contribution in [-0.2, 0) is 0 Å². The summed E-state index contributed by atoms with van der Waals surface area (Å²) in [6.07, 6.45) is 0. The monoisotopic (exact) mass is 255 g/mol. The number of pyridine rings is 1. The number of halogens is 2. The van der Waals surface area contributed by atoms with Gasteiger partial charge >= 0.3 is 0 Å². The second kappa shape index (κ2) is 4.43. The van der Waals surface area contributed by atoms with Gasteiger partial charge in [-0.15, -0.1) is 0 Å². The average Bonchev–Trinajstić information content (AvgIpc) is 2.39. The third-order valence-corrected chi connectivity index (χ3v) is 3.05. The molecule has 1 aromatic heterocycles. The molecule has 0 aliphatic carbocycles. The number of hydrogen-bond donors (Lipinski definition) is 0. The minimum Gasteiger partial charge on any atom is -0.248 e. The molecule has 0 bridgehead atoms. The van der Waals surface area contributed by atoms with Gasteiger partial charge in [0.25, 0.3) is 0 Å². The predicted octanol–water partition coefficient (Wildman–Crippen LogP) is 4.49. The van der Waals surface area contributed by atoms with Crippen LogP contribution in [0.5, 0.6) is 0 Å². The lowest BCUT2D eigenvalue weighted by molar-refractivity contribution is 0.510. The van der Waals surface area contributed by atoms with E-state index in [0.717, 1.165) is 29.0 Å². The Morgan fingerprint density at radius 3 is 2.47 bits per heavy atom. The average molecular weight is 255 g/mol. The van der Waals surface area contributed by atoms with Gasteiger partial charge in [0, 0.05) is 17.0 Å². The summed E-state index contributed by atoms with van der Waals surface area (Å²) in [5, 5.41) is 0.593. The maximum absolute atomic E-state index is 13.2. The van der Waals surface area contributed by atoms with Gasteiger partial charge in [-0.05, 0) is 25.1 Å². The highest BCUT2D eigenvalue weighted by Gasteiger charge is 2.06. The Morgan fingerprint density at radius 1 is 0.895 bits per heavy atom. The molecule has 0 saturated heterocycles. The highest BCUT2D eigenvalue weighted by Crippen LogP contribution is 2.23. The summed E-state index contributed by atoms with van der Waals surface area (Å²) >= 11 is 0. The van der Waals surface area contributed by atoms with Gasteiger partial charge in [-0.25, -0.2) is 13.8 Å². The molecule has 0 N–H and O–H groups in total. The largest absolute Gasteiger partial charge is 0.248 e. The number of benzene rings is 2. The lowest BCUT2D eigenvalue weighted by atomic mass is 10.1. The molecule has 0 saturated carbocycles. The van der Waals surface area contributed by atoms with Crippen molar-refractivity contribution in [1.82, 2.24) is 4.98 Å². The van der Waals surface area contributed by atoms with E-state index in [1.807, 2.05) is 37.3 Å². The Balaban J connectivity index is 2.19. The second-order valence-electron chi connectivity index (χ2n) is 4.52. The fourth-order valence-electron chi connectivity index (χ4n) is 2.08. The van der Waals surface area contributed by atoms with Crippen LogP contribution in [0.4, 0.5) is 8.78 Å². The Morgan fingerprint density at radius 2 is 1.68 bits per heavy atom. The SMILES string of the molecule is Cc1cccc(-c2ccc3cc(F)c(F)cc3n2)c1. The molecule has 0 atom stereocenters. The summed E-state index contributed by atoms with van der Waals surface area (Å²) in [5.74, 6) is -1.72. The zero-order chi connectivity index (χ0) is 13.4. The molecular weight excluding hydrogens is 244 g/mol. The van der Waals surface area contributed by atoms with Crippen molar-refractivity contribution in [3.63, 3.8) is 0 Å². The van der Waals surface area contributed by atoms with E-state index in [1.165, 1.54) is 0 Å². The van der Waals surface area contributed by atoms with Crippen LogP contribution in [0.2, 0.25) is 0 Å². The smallest absolute Gasteiger partial charge is 0.161 e. The van der Waals surface area contributed by atoms with Gasteiger partial charge in [-0.3, -0.25) is 0 Å². The standard InChI is InChI=1S/C16H11F2N/c1-10-3-2-4-11(7-10)15-6-5-12-8-13(17)14(18)9-16(12)19-15/h2-9H,1H3. The molecule has 94 valence electrons. The van der Waals surface area contributed by atoms with E-state index >= 15 is 0 Å². The molecule has 0 spiro atoms. The topological polar surface area (TPSA) is 12.9 Å². The molecule has 0 unspecified atom stereocenters. The predicted molar refractivity (Wildman–Crippen MR) is 71.8 cm³/mol. The highest BCUT2D eigenvalue weighted by atomic mass is 19.2. The van der Waals surface area contributed by atoms with Crippen molar-refractivity contribution in [2.24, 2.45) is 0 Å². The lowest BCUT2D eigenvalue weighted by Crippen LogP contribution is -1.89. The number of fused-ring (bicyclic) bond motifs is 1. The molecule has 19 heavy (non-hydrogen) atoms. The van der Waals surface area contributed by atoms with Crippen LogP contribution < -0.4 is 0 Å². The fraction of sp³-hybridized carbons (Fsp3) is 0.0625. The Hall–Kier alpha value is -2.29. The summed E-state index contributed by atoms with van der Waals surface area (Å²) in [6, 6.07) is 13.8. The molecule has 0 amide bonds. The van der Waals surface area contributed by atoms with E-state index in [1.54, 1.807) is 6.07 Å². The summed E-state index contributed by atoms with van der Waals surface area (Å²) in [4.78, 5) is 4.38. The van der Waals surface area contributed by atoms with Gasteiger partial charge in [0.15, 0.2) is 11.6 Å². The molecule has 0 aliphatic rings. The maximum atomic E-state index is 13.2. The van der Waals surface area contributed by atoms with Crippen LogP contribution >= 0.6 is 0 Å². The lowest BCUT2D eigenvalue weighted by Gasteiger charge is -2.05. The van der Waals surface area contributed by atoms with Crippen molar-refractivity contribution in [2.75, 3.05) is 0 Å². The summed E-state index contributed by atoms with van der Waals surface area (Å²) in [7, 11) is 0. The van der Waals surface area contributed by atoms with Crippen molar-refractivity contribution in [3.8, 4) is 11.3 Å². The van der Waals surface area contributed by atoms with E-state index < -0.39 is 11.6 Å². The summed E-state index contributed by atoms with van der Waals surface area (Å²) in [6.45, 7) is 2.00. The number of rotatable bonds is 1. The van der Waals surface area contributed by atoms with E-state index in [4.69, 9.17) is 0 Å². The third kappa shape index (κ3) is 2.19. The first-order valence-corrected chi connectivity index (χ1v) is 5.96. The minimum atomic E-state index is -0.874. The number of aromatic nitrogens is 1. The van der Waals surface area contributed by atoms with E-state index in [9.17, 15) is 8.78 Å². The molecule has 3 aromatic rings. The Labute approximate surface area is 109 Å². The van der Waals surface area contributed by atoms with Gasteiger partial charge in [0.05, 0.1) is 11.2 Å². The number of hydrogen-bond acceptors (Lipinski definition) is 1. The van der Waals surface area contributed by atoms with E-state index in [-0.39, 0.29) is 0 Å². The molecule has 1 nitrogen and oxygen atoms in total.